The van der Waals surface area contributed by atoms with Gasteiger partial charge in [0.2, 0.25) is 0 Å². The molecular weight excluding hydrogens is 256 g/mol. The predicted molar refractivity (Wildman–Crippen MR) is 90.3 cm³/mol. The molecule has 2 nitrogen and oxygen atoms in total. The topological polar surface area (TPSA) is 29.3 Å². The van der Waals surface area contributed by atoms with E-state index < -0.39 is 0 Å². The van der Waals surface area contributed by atoms with E-state index in [-0.39, 0.29) is 6.04 Å². The summed E-state index contributed by atoms with van der Waals surface area (Å²) in [5.41, 5.74) is 7.71. The molecule has 0 heterocycles. The Bertz CT molecular complexity index is 589. The molecule has 3 rings (SSSR count). The van der Waals surface area contributed by atoms with E-state index in [1.165, 1.54) is 42.1 Å². The quantitative estimate of drug-likeness (QED) is 0.869. The van der Waals surface area contributed by atoms with Crippen molar-refractivity contribution in [1.82, 2.24) is 4.90 Å². The van der Waals surface area contributed by atoms with Gasteiger partial charge in [0, 0.05) is 19.1 Å². The van der Waals surface area contributed by atoms with Crippen LogP contribution in [-0.4, -0.2) is 24.5 Å². The summed E-state index contributed by atoms with van der Waals surface area (Å²) in [7, 11) is 0. The van der Waals surface area contributed by atoms with Gasteiger partial charge in [0.15, 0.2) is 0 Å². The van der Waals surface area contributed by atoms with E-state index in [0.29, 0.717) is 0 Å². The molecule has 112 valence electrons. The lowest BCUT2D eigenvalue weighted by molar-refractivity contribution is 0.176. The summed E-state index contributed by atoms with van der Waals surface area (Å²) < 4.78 is 0. The second kappa shape index (κ2) is 6.59. The van der Waals surface area contributed by atoms with E-state index in [2.05, 4.69) is 54.3 Å². The number of benzene rings is 2. The average molecular weight is 282 g/mol. The molecule has 1 saturated carbocycles. The third-order valence-corrected chi connectivity index (χ3v) is 4.84. The summed E-state index contributed by atoms with van der Waals surface area (Å²) >= 11 is 0. The van der Waals surface area contributed by atoms with Gasteiger partial charge in [-0.15, -0.1) is 0 Å². The van der Waals surface area contributed by atoms with Crippen molar-refractivity contribution >= 4 is 10.8 Å². The van der Waals surface area contributed by atoms with Gasteiger partial charge in [-0.25, -0.2) is 0 Å². The molecule has 2 aromatic rings. The zero-order chi connectivity index (χ0) is 14.7. The van der Waals surface area contributed by atoms with Gasteiger partial charge in [-0.3, -0.25) is 0 Å². The summed E-state index contributed by atoms with van der Waals surface area (Å²) in [6.07, 6.45) is 4.22. The Labute approximate surface area is 127 Å². The minimum atomic E-state index is 0.106. The van der Waals surface area contributed by atoms with Crippen LogP contribution in [0.15, 0.2) is 42.5 Å². The number of fused-ring (bicyclic) bond motifs is 1. The first-order valence-corrected chi connectivity index (χ1v) is 8.23. The van der Waals surface area contributed by atoms with Crippen LogP contribution in [0.4, 0.5) is 0 Å². The average Bonchev–Trinajstić information content (AvgIpc) is 2.48. The van der Waals surface area contributed by atoms with Crippen molar-refractivity contribution in [2.45, 2.75) is 32.2 Å². The van der Waals surface area contributed by atoms with Crippen LogP contribution in [0.5, 0.6) is 0 Å². The Balaban J connectivity index is 1.68. The van der Waals surface area contributed by atoms with E-state index in [0.717, 1.165) is 19.0 Å². The van der Waals surface area contributed by atoms with E-state index >= 15 is 0 Å². The molecule has 1 aliphatic rings. The number of nitrogens with two attached hydrogens (primary N) is 1. The van der Waals surface area contributed by atoms with Crippen molar-refractivity contribution in [2.75, 3.05) is 19.6 Å². The van der Waals surface area contributed by atoms with Crippen LogP contribution in [0.1, 0.15) is 37.8 Å². The fourth-order valence-electron chi connectivity index (χ4n) is 3.20. The third-order valence-electron chi connectivity index (χ3n) is 4.84. The van der Waals surface area contributed by atoms with E-state index in [9.17, 15) is 0 Å². The summed E-state index contributed by atoms with van der Waals surface area (Å²) in [6.45, 7) is 5.52. The van der Waals surface area contributed by atoms with Gasteiger partial charge < -0.3 is 10.6 Å². The fraction of sp³-hybridized carbons (Fsp3) is 0.474. The second-order valence-corrected chi connectivity index (χ2v) is 6.36. The Kier molecular flexibility index (Phi) is 4.57. The number of nitrogens with zero attached hydrogens (tertiary/aromatic N) is 1. The summed E-state index contributed by atoms with van der Waals surface area (Å²) in [6, 6.07) is 15.2. The smallest absolute Gasteiger partial charge is 0.0424 e. The normalized spacial score (nSPS) is 17.1. The van der Waals surface area contributed by atoms with E-state index in [1.54, 1.807) is 0 Å². The third kappa shape index (κ3) is 3.45. The Hall–Kier alpha value is -1.38. The Morgan fingerprint density at radius 2 is 1.90 bits per heavy atom. The van der Waals surface area contributed by atoms with Crippen LogP contribution in [0, 0.1) is 5.92 Å². The Morgan fingerprint density at radius 1 is 1.14 bits per heavy atom. The first kappa shape index (κ1) is 14.6. The van der Waals surface area contributed by atoms with Crippen LogP contribution in [-0.2, 0) is 0 Å². The van der Waals surface area contributed by atoms with Crippen molar-refractivity contribution < 1.29 is 0 Å². The molecule has 2 aromatic carbocycles. The molecule has 1 atom stereocenters. The zero-order valence-electron chi connectivity index (χ0n) is 13.0. The van der Waals surface area contributed by atoms with Gasteiger partial charge in [0.05, 0.1) is 0 Å². The van der Waals surface area contributed by atoms with Gasteiger partial charge in [0.25, 0.3) is 0 Å². The highest BCUT2D eigenvalue weighted by molar-refractivity contribution is 5.83. The zero-order valence-corrected chi connectivity index (χ0v) is 13.0. The molecule has 1 aliphatic carbocycles. The minimum Gasteiger partial charge on any atom is -0.323 e. The molecule has 2 N–H and O–H groups in total. The van der Waals surface area contributed by atoms with Crippen LogP contribution < -0.4 is 5.73 Å². The van der Waals surface area contributed by atoms with Crippen LogP contribution in [0.25, 0.3) is 10.8 Å². The molecule has 0 aromatic heterocycles. The Morgan fingerprint density at radius 3 is 2.57 bits per heavy atom. The van der Waals surface area contributed by atoms with Crippen molar-refractivity contribution in [3.63, 3.8) is 0 Å². The summed E-state index contributed by atoms with van der Waals surface area (Å²) in [5.74, 6) is 0.911. The van der Waals surface area contributed by atoms with Crippen molar-refractivity contribution in [2.24, 2.45) is 11.7 Å². The number of hydrogen-bond donors (Lipinski definition) is 1. The fourth-order valence-corrected chi connectivity index (χ4v) is 3.20. The van der Waals surface area contributed by atoms with Crippen LogP contribution in [0.2, 0.25) is 0 Å². The first-order chi connectivity index (χ1) is 10.3. The van der Waals surface area contributed by atoms with Crippen LogP contribution >= 0.6 is 0 Å². The van der Waals surface area contributed by atoms with Crippen molar-refractivity contribution in [1.29, 1.82) is 0 Å². The minimum absolute atomic E-state index is 0.106. The maximum atomic E-state index is 6.46. The maximum Gasteiger partial charge on any atom is 0.0424 e. The monoisotopic (exact) mass is 282 g/mol. The lowest BCUT2D eigenvalue weighted by Crippen LogP contribution is -2.37. The lowest BCUT2D eigenvalue weighted by Gasteiger charge is -2.33. The van der Waals surface area contributed by atoms with Gasteiger partial charge in [0.1, 0.15) is 0 Å². The second-order valence-electron chi connectivity index (χ2n) is 6.36. The van der Waals surface area contributed by atoms with E-state index in [4.69, 9.17) is 5.73 Å². The molecule has 2 heteroatoms. The summed E-state index contributed by atoms with van der Waals surface area (Å²) in [5, 5.41) is 2.57. The number of rotatable bonds is 6. The van der Waals surface area contributed by atoms with Gasteiger partial charge in [-0.1, -0.05) is 49.7 Å². The maximum absolute atomic E-state index is 6.46. The molecule has 0 bridgehead atoms. The standard InChI is InChI=1S/C19H26N2/c1-2-21(13-15-6-5-7-15)14-19(20)18-11-10-16-8-3-4-9-17(16)12-18/h3-4,8-12,15,19H,2,5-7,13-14,20H2,1H3. The van der Waals surface area contributed by atoms with Gasteiger partial charge >= 0.3 is 0 Å². The van der Waals surface area contributed by atoms with E-state index in [1.807, 2.05) is 0 Å². The number of likely N-dealkylation sites (N-methyl/N-ethyl adjacent to an activating group) is 1. The molecule has 0 amide bonds. The van der Waals surface area contributed by atoms with Gasteiger partial charge in [-0.05, 0) is 47.7 Å². The number of hydrogen-bond acceptors (Lipinski definition) is 2. The van der Waals surface area contributed by atoms with Crippen molar-refractivity contribution in [3.8, 4) is 0 Å². The highest BCUT2D eigenvalue weighted by Gasteiger charge is 2.21. The summed E-state index contributed by atoms with van der Waals surface area (Å²) in [4.78, 5) is 2.52. The largest absolute Gasteiger partial charge is 0.323 e. The molecule has 0 radical (unpaired) electrons. The molecule has 0 saturated heterocycles. The molecular formula is C19H26N2. The highest BCUT2D eigenvalue weighted by Crippen LogP contribution is 2.27. The molecule has 1 unspecified atom stereocenters. The molecule has 0 aliphatic heterocycles. The first-order valence-electron chi connectivity index (χ1n) is 8.23. The highest BCUT2D eigenvalue weighted by atomic mass is 15.1. The van der Waals surface area contributed by atoms with Crippen LogP contribution in [0.3, 0.4) is 0 Å². The SMILES string of the molecule is CCN(CC1CCC1)CC(N)c1ccc2ccccc2c1. The lowest BCUT2D eigenvalue weighted by atomic mass is 9.85. The molecule has 1 fully saturated rings. The van der Waals surface area contributed by atoms with Gasteiger partial charge in [-0.2, -0.15) is 0 Å². The predicted octanol–water partition coefficient (Wildman–Crippen LogP) is 3.96. The molecule has 21 heavy (non-hydrogen) atoms. The molecule has 0 spiro atoms. The van der Waals surface area contributed by atoms with Crippen molar-refractivity contribution in [3.05, 3.63) is 48.0 Å².